The van der Waals surface area contributed by atoms with Crippen molar-refractivity contribution in [2.75, 3.05) is 17.2 Å². The van der Waals surface area contributed by atoms with E-state index in [4.69, 9.17) is 4.74 Å². The lowest BCUT2D eigenvalue weighted by molar-refractivity contribution is -0.122. The minimum atomic E-state index is -0.639. The lowest BCUT2D eigenvalue weighted by Crippen LogP contribution is -2.41. The number of hydrogen-bond acceptors (Lipinski definition) is 4. The van der Waals surface area contributed by atoms with Gasteiger partial charge < -0.3 is 20.5 Å². The molecule has 0 aliphatic carbocycles. The number of amides is 1. The van der Waals surface area contributed by atoms with Crippen molar-refractivity contribution in [3.63, 3.8) is 0 Å². The predicted octanol–water partition coefficient (Wildman–Crippen LogP) is 2.51. The number of carbonyl (C=O) groups excluding carboxylic acids is 1. The minimum Gasteiger partial charge on any atom is -0.505 e. The average molecular weight is 284 g/mol. The van der Waals surface area contributed by atoms with E-state index in [1.54, 1.807) is 25.1 Å². The predicted molar refractivity (Wildman–Crippen MR) is 80.8 cm³/mol. The highest BCUT2D eigenvalue weighted by Crippen LogP contribution is 2.30. The van der Waals surface area contributed by atoms with Crippen LogP contribution in [0.1, 0.15) is 5.56 Å². The van der Waals surface area contributed by atoms with E-state index >= 15 is 0 Å². The first-order chi connectivity index (χ1) is 10.1. The summed E-state index contributed by atoms with van der Waals surface area (Å²) < 4.78 is 5.68. The first-order valence-electron chi connectivity index (χ1n) is 6.74. The van der Waals surface area contributed by atoms with Crippen LogP contribution in [-0.2, 0) is 4.79 Å². The molecule has 3 N–H and O–H groups in total. The molecule has 21 heavy (non-hydrogen) atoms. The van der Waals surface area contributed by atoms with Gasteiger partial charge in [-0.15, -0.1) is 0 Å². The summed E-state index contributed by atoms with van der Waals surface area (Å²) >= 11 is 0. The molecule has 5 nitrogen and oxygen atoms in total. The van der Waals surface area contributed by atoms with Crippen LogP contribution in [0.5, 0.6) is 11.5 Å². The Balaban J connectivity index is 1.74. The van der Waals surface area contributed by atoms with Gasteiger partial charge in [0, 0.05) is 0 Å². The molecule has 1 unspecified atom stereocenters. The maximum Gasteiger partial charge on any atom is 0.267 e. The Hall–Kier alpha value is -2.69. The van der Waals surface area contributed by atoms with Crippen molar-refractivity contribution in [1.82, 2.24) is 0 Å². The van der Waals surface area contributed by atoms with E-state index in [0.29, 0.717) is 23.5 Å². The Kier molecular flexibility index (Phi) is 3.39. The van der Waals surface area contributed by atoms with Crippen LogP contribution in [0.2, 0.25) is 0 Å². The van der Waals surface area contributed by atoms with Crippen LogP contribution in [0, 0.1) is 6.92 Å². The second-order valence-electron chi connectivity index (χ2n) is 4.94. The second-order valence-corrected chi connectivity index (χ2v) is 4.94. The van der Waals surface area contributed by atoms with E-state index in [9.17, 15) is 9.90 Å². The van der Waals surface area contributed by atoms with Crippen molar-refractivity contribution >= 4 is 17.3 Å². The molecular weight excluding hydrogens is 268 g/mol. The van der Waals surface area contributed by atoms with Gasteiger partial charge >= 0.3 is 0 Å². The SMILES string of the molecule is Cc1cccc(NC(=O)C2CNc3ccccc3O2)c1O. The van der Waals surface area contributed by atoms with Gasteiger partial charge in [0.2, 0.25) is 0 Å². The van der Waals surface area contributed by atoms with Crippen molar-refractivity contribution in [3.05, 3.63) is 48.0 Å². The van der Waals surface area contributed by atoms with Crippen LogP contribution in [0.15, 0.2) is 42.5 Å². The molecule has 5 heteroatoms. The van der Waals surface area contributed by atoms with Crippen molar-refractivity contribution in [2.45, 2.75) is 13.0 Å². The maximum absolute atomic E-state index is 12.3. The third-order valence-electron chi connectivity index (χ3n) is 3.42. The molecule has 0 saturated heterocycles. The van der Waals surface area contributed by atoms with E-state index in [1.807, 2.05) is 24.3 Å². The molecule has 0 spiro atoms. The van der Waals surface area contributed by atoms with E-state index in [1.165, 1.54) is 0 Å². The Labute approximate surface area is 122 Å². The Morgan fingerprint density at radius 3 is 2.95 bits per heavy atom. The third-order valence-corrected chi connectivity index (χ3v) is 3.42. The third kappa shape index (κ3) is 2.63. The van der Waals surface area contributed by atoms with E-state index in [0.717, 1.165) is 5.69 Å². The van der Waals surface area contributed by atoms with Gasteiger partial charge in [-0.1, -0.05) is 24.3 Å². The number of fused-ring (bicyclic) bond motifs is 1. The molecule has 2 aromatic carbocycles. The van der Waals surface area contributed by atoms with Crippen molar-refractivity contribution in [2.24, 2.45) is 0 Å². The largest absolute Gasteiger partial charge is 0.505 e. The summed E-state index contributed by atoms with van der Waals surface area (Å²) in [6.45, 7) is 2.16. The molecule has 1 atom stereocenters. The van der Waals surface area contributed by atoms with Crippen LogP contribution < -0.4 is 15.4 Å². The molecule has 0 fully saturated rings. The van der Waals surface area contributed by atoms with Crippen molar-refractivity contribution < 1.29 is 14.6 Å². The molecule has 0 saturated carbocycles. The zero-order chi connectivity index (χ0) is 14.8. The number of nitrogens with one attached hydrogen (secondary N) is 2. The van der Waals surface area contributed by atoms with Crippen molar-refractivity contribution in [3.8, 4) is 11.5 Å². The van der Waals surface area contributed by atoms with Crippen LogP contribution in [-0.4, -0.2) is 23.7 Å². The van der Waals surface area contributed by atoms with Crippen molar-refractivity contribution in [1.29, 1.82) is 0 Å². The molecule has 108 valence electrons. The van der Waals surface area contributed by atoms with Gasteiger partial charge in [0.25, 0.3) is 5.91 Å². The fraction of sp³-hybridized carbons (Fsp3) is 0.188. The number of para-hydroxylation sites is 3. The number of hydrogen-bond donors (Lipinski definition) is 3. The van der Waals surface area contributed by atoms with E-state index < -0.39 is 6.10 Å². The monoisotopic (exact) mass is 284 g/mol. The Morgan fingerprint density at radius 1 is 1.29 bits per heavy atom. The number of carbonyl (C=O) groups is 1. The zero-order valence-electron chi connectivity index (χ0n) is 11.6. The fourth-order valence-electron chi connectivity index (χ4n) is 2.23. The first kappa shape index (κ1) is 13.3. The lowest BCUT2D eigenvalue weighted by atomic mass is 10.1. The summed E-state index contributed by atoms with van der Waals surface area (Å²) in [7, 11) is 0. The second kappa shape index (κ2) is 5.36. The van der Waals surface area contributed by atoms with E-state index in [-0.39, 0.29) is 11.7 Å². The molecular formula is C16H16N2O3. The smallest absolute Gasteiger partial charge is 0.267 e. The highest BCUT2D eigenvalue weighted by molar-refractivity contribution is 5.96. The number of phenolic OH excluding ortho intramolecular Hbond substituents is 1. The quantitative estimate of drug-likeness (QED) is 0.741. The summed E-state index contributed by atoms with van der Waals surface area (Å²) in [5.41, 5.74) is 1.98. The topological polar surface area (TPSA) is 70.6 Å². The molecule has 1 amide bonds. The normalized spacial score (nSPS) is 16.3. The maximum atomic E-state index is 12.3. The Bertz CT molecular complexity index is 685. The number of aryl methyl sites for hydroxylation is 1. The number of aromatic hydroxyl groups is 1. The fourth-order valence-corrected chi connectivity index (χ4v) is 2.23. The summed E-state index contributed by atoms with van der Waals surface area (Å²) in [4.78, 5) is 12.3. The molecule has 2 aromatic rings. The van der Waals surface area contributed by atoms with Gasteiger partial charge in [-0.3, -0.25) is 4.79 Å². The highest BCUT2D eigenvalue weighted by atomic mass is 16.5. The number of benzene rings is 2. The van der Waals surface area contributed by atoms with Gasteiger partial charge in [0.15, 0.2) is 6.10 Å². The molecule has 0 aromatic heterocycles. The van der Waals surface area contributed by atoms with Crippen LogP contribution >= 0.6 is 0 Å². The number of anilines is 2. The number of rotatable bonds is 2. The molecule has 1 heterocycles. The van der Waals surface area contributed by atoms with Crippen LogP contribution in [0.4, 0.5) is 11.4 Å². The standard InChI is InChI=1S/C16H16N2O3/c1-10-5-4-7-12(15(10)19)18-16(20)14-9-17-11-6-2-3-8-13(11)21-14/h2-8,14,17,19H,9H2,1H3,(H,18,20). The number of ether oxygens (including phenoxy) is 1. The summed E-state index contributed by atoms with van der Waals surface area (Å²) in [6.07, 6.45) is -0.639. The highest BCUT2D eigenvalue weighted by Gasteiger charge is 2.26. The summed E-state index contributed by atoms with van der Waals surface area (Å²) in [6, 6.07) is 12.7. The summed E-state index contributed by atoms with van der Waals surface area (Å²) in [5, 5.41) is 15.8. The van der Waals surface area contributed by atoms with Gasteiger partial charge in [-0.05, 0) is 30.7 Å². The molecule has 0 radical (unpaired) electrons. The average Bonchev–Trinajstić information content (AvgIpc) is 2.51. The van der Waals surface area contributed by atoms with Gasteiger partial charge in [0.1, 0.15) is 11.5 Å². The molecule has 1 aliphatic heterocycles. The Morgan fingerprint density at radius 2 is 2.10 bits per heavy atom. The van der Waals surface area contributed by atoms with E-state index in [2.05, 4.69) is 10.6 Å². The lowest BCUT2D eigenvalue weighted by Gasteiger charge is -2.26. The summed E-state index contributed by atoms with van der Waals surface area (Å²) in [5.74, 6) is 0.435. The van der Waals surface area contributed by atoms with Crippen LogP contribution in [0.25, 0.3) is 0 Å². The first-order valence-corrected chi connectivity index (χ1v) is 6.74. The molecule has 1 aliphatic rings. The number of phenols is 1. The minimum absolute atomic E-state index is 0.0787. The van der Waals surface area contributed by atoms with Gasteiger partial charge in [0.05, 0.1) is 17.9 Å². The zero-order valence-corrected chi connectivity index (χ0v) is 11.6. The van der Waals surface area contributed by atoms with Gasteiger partial charge in [-0.2, -0.15) is 0 Å². The molecule has 3 rings (SSSR count). The molecule has 0 bridgehead atoms. The van der Waals surface area contributed by atoms with Gasteiger partial charge in [-0.25, -0.2) is 0 Å². The van der Waals surface area contributed by atoms with Crippen LogP contribution in [0.3, 0.4) is 0 Å².